The SMILES string of the molecule is Brc1cccc(-c2cccc(-c3ccc4c(c3)c3ccccc3n4-c3ccc4sc5ccc(-c6cccnc6)cc5c4c3)c2)c1.Brc1cccc(-c2cccc(-c3ccc4c(c3)c3ccccc3n4-c3cccc4c3sc3ccccc34)c2)c1.Brc1cccc(-c2cccc(-c3ccc4c(c3)c3ccccc3n4-c3cccc4sc5ccccc5c34)c2)c1. The summed E-state index contributed by atoms with van der Waals surface area (Å²) in [6.45, 7) is 0. The van der Waals surface area contributed by atoms with Crippen molar-refractivity contribution in [2.24, 2.45) is 0 Å². The largest absolute Gasteiger partial charge is 0.309 e. The van der Waals surface area contributed by atoms with Gasteiger partial charge in [0.25, 0.3) is 0 Å². The minimum atomic E-state index is 1.09. The van der Waals surface area contributed by atoms with Gasteiger partial charge >= 0.3 is 0 Å². The summed E-state index contributed by atoms with van der Waals surface area (Å²) in [5.74, 6) is 0. The molecule has 0 radical (unpaired) electrons. The highest BCUT2D eigenvalue weighted by atomic mass is 79.9. The van der Waals surface area contributed by atoms with E-state index in [0.29, 0.717) is 0 Å². The first-order valence-electron chi connectivity index (χ1n) is 41.1. The molecule has 0 amide bonds. The minimum Gasteiger partial charge on any atom is -0.309 e. The first-order valence-corrected chi connectivity index (χ1v) is 45.9. The zero-order valence-corrected chi connectivity index (χ0v) is 73.2. The van der Waals surface area contributed by atoms with Crippen LogP contribution in [0.15, 0.2) is 432 Å². The zero-order valence-electron chi connectivity index (χ0n) is 66.0. The van der Waals surface area contributed by atoms with Gasteiger partial charge in [0.05, 0.1) is 49.2 Å². The molecule has 580 valence electrons. The van der Waals surface area contributed by atoms with Gasteiger partial charge in [-0.25, -0.2) is 0 Å². The fourth-order valence-corrected chi connectivity index (χ4v) is 23.0. The van der Waals surface area contributed by atoms with Crippen molar-refractivity contribution in [2.75, 3.05) is 0 Å². The molecule has 7 aromatic heterocycles. The van der Waals surface area contributed by atoms with Gasteiger partial charge in [-0.1, -0.05) is 278 Å². The van der Waals surface area contributed by atoms with Crippen molar-refractivity contribution < 1.29 is 0 Å². The second-order valence-corrected chi connectivity index (χ2v) is 37.2. The lowest BCUT2D eigenvalue weighted by atomic mass is 9.98. The van der Waals surface area contributed by atoms with Crippen molar-refractivity contribution in [1.29, 1.82) is 0 Å². The summed E-state index contributed by atoms with van der Waals surface area (Å²) >= 11 is 16.5. The van der Waals surface area contributed by atoms with Gasteiger partial charge in [-0.2, -0.15) is 0 Å². The van der Waals surface area contributed by atoms with E-state index in [-0.39, 0.29) is 0 Å². The standard InChI is InChI=1S/C41H25BrN2S.2C36H22BrNS/c42-32-10-4-8-28(21-32)26-6-3-7-27(20-26)29-13-16-39-35(22-29)34-11-1-2-12-38(34)44(39)33-15-18-41-37(24-33)36-23-30(14-17-40(36)45-41)31-9-5-19-43-25-31;37-27-11-6-10-25(21-27)23-8-5-9-24(20-23)26-18-19-33-31(22-26)28-12-1-3-15-32(28)38(33)34-16-7-14-30-29-13-2-4-17-35(29)39-36(30)34;37-27-11-6-10-25(21-27)23-8-5-9-24(20-23)26-18-19-32-30(22-26)28-12-1-3-14-31(28)38(32)33-15-7-17-35-36(33)29-13-2-4-16-34(29)39-35/h1-25H;2*1-22H. The van der Waals surface area contributed by atoms with Crippen LogP contribution in [0.1, 0.15) is 0 Å². The quantitative estimate of drug-likeness (QED) is 0.134. The molecule has 25 aromatic rings. The molecule has 18 aromatic carbocycles. The van der Waals surface area contributed by atoms with Crippen LogP contribution < -0.4 is 0 Å². The molecular formula is C113H69Br3N4S3. The maximum atomic E-state index is 4.34. The summed E-state index contributed by atoms with van der Waals surface area (Å²) in [5, 5.41) is 15.5. The molecule has 0 N–H and O–H groups in total. The van der Waals surface area contributed by atoms with Crippen molar-refractivity contribution in [2.45, 2.75) is 0 Å². The number of pyridine rings is 1. The summed E-state index contributed by atoms with van der Waals surface area (Å²) in [6, 6.07) is 148. The highest BCUT2D eigenvalue weighted by Crippen LogP contribution is 2.47. The van der Waals surface area contributed by atoms with Crippen molar-refractivity contribution in [3.8, 4) is 95.0 Å². The fourth-order valence-electron chi connectivity index (χ4n) is 18.4. The highest BCUT2D eigenvalue weighted by Gasteiger charge is 2.22. The van der Waals surface area contributed by atoms with Gasteiger partial charge in [-0.05, 0) is 248 Å². The van der Waals surface area contributed by atoms with Gasteiger partial charge in [0.1, 0.15) is 0 Å². The van der Waals surface area contributed by atoms with Gasteiger partial charge in [0, 0.05) is 125 Å². The van der Waals surface area contributed by atoms with Gasteiger partial charge < -0.3 is 13.7 Å². The maximum absolute atomic E-state index is 4.34. The molecule has 0 unspecified atom stereocenters. The number of halogens is 3. The first-order chi connectivity index (χ1) is 60.7. The number of para-hydroxylation sites is 3. The molecular weight excluding hydrogens is 1750 g/mol. The Balaban J connectivity index is 0.000000107. The highest BCUT2D eigenvalue weighted by molar-refractivity contribution is 9.11. The van der Waals surface area contributed by atoms with Crippen molar-refractivity contribution in [3.63, 3.8) is 0 Å². The number of hydrogen-bond donors (Lipinski definition) is 0. The van der Waals surface area contributed by atoms with Crippen LogP contribution >= 0.6 is 81.8 Å². The van der Waals surface area contributed by atoms with Crippen LogP contribution in [0.4, 0.5) is 0 Å². The molecule has 7 heterocycles. The van der Waals surface area contributed by atoms with Gasteiger partial charge in [0.15, 0.2) is 0 Å². The average Bonchev–Trinajstić information content (AvgIpc) is 1.58. The van der Waals surface area contributed by atoms with Gasteiger partial charge in [0.2, 0.25) is 0 Å². The molecule has 0 atom stereocenters. The van der Waals surface area contributed by atoms with E-state index in [1.54, 1.807) is 0 Å². The second-order valence-electron chi connectivity index (χ2n) is 31.3. The second kappa shape index (κ2) is 31.3. The molecule has 0 aliphatic carbocycles. The van der Waals surface area contributed by atoms with E-state index in [1.807, 2.05) is 52.5 Å². The topological polar surface area (TPSA) is 27.7 Å². The molecule has 4 nitrogen and oxygen atoms in total. The molecule has 10 heteroatoms. The average molecular weight is 1820 g/mol. The Kier molecular flexibility index (Phi) is 19.0. The van der Waals surface area contributed by atoms with Crippen LogP contribution in [0.2, 0.25) is 0 Å². The van der Waals surface area contributed by atoms with Crippen LogP contribution in [0.3, 0.4) is 0 Å². The molecule has 0 saturated carbocycles. The van der Waals surface area contributed by atoms with Crippen molar-refractivity contribution in [1.82, 2.24) is 18.7 Å². The first kappa shape index (κ1) is 74.6. The molecule has 0 fully saturated rings. The Labute approximate surface area is 746 Å². The monoisotopic (exact) mass is 1810 g/mol. The number of hydrogen-bond acceptors (Lipinski definition) is 4. The fraction of sp³-hybridized carbons (Fsp3) is 0. The van der Waals surface area contributed by atoms with Crippen LogP contribution in [-0.4, -0.2) is 18.7 Å². The Hall–Kier alpha value is -13.4. The normalized spacial score (nSPS) is 11.7. The number of fused-ring (bicyclic) bond motifs is 18. The molecule has 123 heavy (non-hydrogen) atoms. The third-order valence-electron chi connectivity index (χ3n) is 24.0. The van der Waals surface area contributed by atoms with E-state index < -0.39 is 0 Å². The van der Waals surface area contributed by atoms with E-state index in [2.05, 4.69) is 467 Å². The summed E-state index contributed by atoms with van der Waals surface area (Å²) in [5.41, 5.74) is 27.9. The molecule has 25 rings (SSSR count). The Bertz CT molecular complexity index is 8530. The van der Waals surface area contributed by atoms with E-state index in [9.17, 15) is 0 Å². The summed E-state index contributed by atoms with van der Waals surface area (Å²) in [6.07, 6.45) is 3.76. The van der Waals surface area contributed by atoms with Crippen molar-refractivity contribution in [3.05, 3.63) is 432 Å². The lowest BCUT2D eigenvalue weighted by Crippen LogP contribution is -1.94. The molecule has 0 bridgehead atoms. The predicted octanol–water partition coefficient (Wildman–Crippen LogP) is 34.8. The summed E-state index contributed by atoms with van der Waals surface area (Å²) < 4.78 is 18.5. The van der Waals surface area contributed by atoms with E-state index in [1.165, 1.54) is 215 Å². The molecule has 0 aliphatic rings. The van der Waals surface area contributed by atoms with Crippen LogP contribution in [0, 0.1) is 0 Å². The third-order valence-corrected chi connectivity index (χ3v) is 29.0. The lowest BCUT2D eigenvalue weighted by molar-refractivity contribution is 1.19. The molecule has 0 saturated heterocycles. The van der Waals surface area contributed by atoms with Crippen molar-refractivity contribution >= 4 is 208 Å². The Morgan fingerprint density at radius 1 is 0.195 bits per heavy atom. The minimum absolute atomic E-state index is 1.09. The summed E-state index contributed by atoms with van der Waals surface area (Å²) in [7, 11) is 0. The van der Waals surface area contributed by atoms with E-state index >= 15 is 0 Å². The Morgan fingerprint density at radius 2 is 0.528 bits per heavy atom. The number of rotatable bonds is 10. The van der Waals surface area contributed by atoms with Gasteiger partial charge in [-0.15, -0.1) is 34.0 Å². The summed E-state index contributed by atoms with van der Waals surface area (Å²) in [4.78, 5) is 4.34. The molecule has 0 spiro atoms. The predicted molar refractivity (Wildman–Crippen MR) is 540 cm³/mol. The van der Waals surface area contributed by atoms with E-state index in [4.69, 9.17) is 0 Å². The maximum Gasteiger partial charge on any atom is 0.0640 e. The third kappa shape index (κ3) is 13.5. The van der Waals surface area contributed by atoms with E-state index in [0.717, 1.165) is 19.0 Å². The zero-order chi connectivity index (χ0) is 81.8. The number of benzene rings is 18. The van der Waals surface area contributed by atoms with Crippen LogP contribution in [-0.2, 0) is 0 Å². The number of thiophene rings is 3. The van der Waals surface area contributed by atoms with Gasteiger partial charge in [-0.3, -0.25) is 4.98 Å². The number of aromatic nitrogens is 4. The number of nitrogens with zero attached hydrogens (tertiary/aromatic N) is 4. The van der Waals surface area contributed by atoms with Crippen LogP contribution in [0.5, 0.6) is 0 Å². The Morgan fingerprint density at radius 3 is 1.04 bits per heavy atom. The smallest absolute Gasteiger partial charge is 0.0640 e. The lowest BCUT2D eigenvalue weighted by Gasteiger charge is -2.11. The molecule has 0 aliphatic heterocycles. The van der Waals surface area contributed by atoms with Crippen LogP contribution in [0.25, 0.3) is 221 Å².